The summed E-state index contributed by atoms with van der Waals surface area (Å²) in [5.74, 6) is 0.625. The van der Waals surface area contributed by atoms with Gasteiger partial charge in [-0.3, -0.25) is 0 Å². The van der Waals surface area contributed by atoms with Crippen molar-refractivity contribution in [3.05, 3.63) is 65.5 Å². The quantitative estimate of drug-likeness (QED) is 0.872. The highest BCUT2D eigenvalue weighted by atomic mass is 19.1. The zero-order valence-electron chi connectivity index (χ0n) is 11.7. The van der Waals surface area contributed by atoms with Crippen LogP contribution in [0.3, 0.4) is 0 Å². The molecule has 0 saturated carbocycles. The Hall–Kier alpha value is -1.87. The van der Waals surface area contributed by atoms with Crippen LogP contribution < -0.4 is 10.5 Å². The van der Waals surface area contributed by atoms with Crippen LogP contribution in [0.1, 0.15) is 23.5 Å². The number of ether oxygens (including phenoxy) is 1. The number of benzene rings is 2. The van der Waals surface area contributed by atoms with Gasteiger partial charge in [0.1, 0.15) is 11.6 Å². The lowest BCUT2D eigenvalue weighted by atomic mass is 9.96. The van der Waals surface area contributed by atoms with Crippen LogP contribution in [-0.2, 0) is 0 Å². The molecule has 20 heavy (non-hydrogen) atoms. The van der Waals surface area contributed by atoms with Gasteiger partial charge in [0.05, 0.1) is 6.61 Å². The largest absolute Gasteiger partial charge is 0.494 e. The van der Waals surface area contributed by atoms with Gasteiger partial charge >= 0.3 is 0 Å². The van der Waals surface area contributed by atoms with Crippen molar-refractivity contribution in [3.63, 3.8) is 0 Å². The van der Waals surface area contributed by atoms with Gasteiger partial charge in [-0.1, -0.05) is 35.9 Å². The Morgan fingerprint density at radius 3 is 2.45 bits per heavy atom. The van der Waals surface area contributed by atoms with Gasteiger partial charge in [0.15, 0.2) is 0 Å². The van der Waals surface area contributed by atoms with Crippen LogP contribution in [0.5, 0.6) is 5.75 Å². The van der Waals surface area contributed by atoms with Crippen molar-refractivity contribution in [3.8, 4) is 5.75 Å². The van der Waals surface area contributed by atoms with E-state index in [9.17, 15) is 4.39 Å². The Morgan fingerprint density at radius 1 is 1.10 bits per heavy atom. The van der Waals surface area contributed by atoms with Crippen LogP contribution in [0, 0.1) is 12.7 Å². The SMILES string of the molecule is Cc1ccc(OCCC(CN)c2ccccc2F)cc1. The van der Waals surface area contributed by atoms with E-state index in [1.54, 1.807) is 12.1 Å². The van der Waals surface area contributed by atoms with Crippen LogP contribution in [0.25, 0.3) is 0 Å². The first-order valence-electron chi connectivity index (χ1n) is 6.84. The third-order valence-corrected chi connectivity index (χ3v) is 3.39. The van der Waals surface area contributed by atoms with E-state index in [1.807, 2.05) is 37.3 Å². The van der Waals surface area contributed by atoms with E-state index in [4.69, 9.17) is 10.5 Å². The molecule has 0 amide bonds. The van der Waals surface area contributed by atoms with Crippen molar-refractivity contribution in [2.24, 2.45) is 5.73 Å². The lowest BCUT2D eigenvalue weighted by Gasteiger charge is -2.16. The first-order valence-corrected chi connectivity index (χ1v) is 6.84. The zero-order valence-corrected chi connectivity index (χ0v) is 11.7. The Bertz CT molecular complexity index is 539. The molecule has 2 aromatic rings. The van der Waals surface area contributed by atoms with Crippen molar-refractivity contribution in [2.75, 3.05) is 13.2 Å². The van der Waals surface area contributed by atoms with Gasteiger partial charge in [-0.15, -0.1) is 0 Å². The van der Waals surface area contributed by atoms with E-state index in [-0.39, 0.29) is 11.7 Å². The van der Waals surface area contributed by atoms with E-state index in [2.05, 4.69) is 0 Å². The van der Waals surface area contributed by atoms with Gasteiger partial charge in [0.2, 0.25) is 0 Å². The van der Waals surface area contributed by atoms with Gasteiger partial charge in [-0.05, 0) is 43.7 Å². The smallest absolute Gasteiger partial charge is 0.126 e. The lowest BCUT2D eigenvalue weighted by molar-refractivity contribution is 0.297. The van der Waals surface area contributed by atoms with Crippen molar-refractivity contribution >= 4 is 0 Å². The Balaban J connectivity index is 1.91. The summed E-state index contributed by atoms with van der Waals surface area (Å²) in [4.78, 5) is 0. The van der Waals surface area contributed by atoms with Crippen LogP contribution in [0.4, 0.5) is 4.39 Å². The number of hydrogen-bond acceptors (Lipinski definition) is 2. The van der Waals surface area contributed by atoms with Gasteiger partial charge in [0.25, 0.3) is 0 Å². The fourth-order valence-electron chi connectivity index (χ4n) is 2.16. The molecular weight excluding hydrogens is 253 g/mol. The molecule has 0 bridgehead atoms. The van der Waals surface area contributed by atoms with Crippen LogP contribution in [0.15, 0.2) is 48.5 Å². The third kappa shape index (κ3) is 3.81. The van der Waals surface area contributed by atoms with E-state index in [1.165, 1.54) is 11.6 Å². The second-order valence-corrected chi connectivity index (χ2v) is 4.90. The van der Waals surface area contributed by atoms with Gasteiger partial charge in [-0.2, -0.15) is 0 Å². The highest BCUT2D eigenvalue weighted by Crippen LogP contribution is 2.22. The standard InChI is InChI=1S/C17H20FNO/c1-13-6-8-15(9-7-13)20-11-10-14(12-19)16-4-2-3-5-17(16)18/h2-9,14H,10-12,19H2,1H3. The average molecular weight is 273 g/mol. The van der Waals surface area contributed by atoms with Crippen molar-refractivity contribution < 1.29 is 9.13 Å². The maximum atomic E-state index is 13.7. The minimum atomic E-state index is -0.196. The third-order valence-electron chi connectivity index (χ3n) is 3.39. The number of hydrogen-bond donors (Lipinski definition) is 1. The molecule has 0 saturated heterocycles. The maximum absolute atomic E-state index is 13.7. The van der Waals surface area contributed by atoms with E-state index < -0.39 is 0 Å². The summed E-state index contributed by atoms with van der Waals surface area (Å²) in [6.45, 7) is 2.98. The molecule has 0 radical (unpaired) electrons. The zero-order chi connectivity index (χ0) is 14.4. The maximum Gasteiger partial charge on any atom is 0.126 e. The van der Waals surface area contributed by atoms with Crippen molar-refractivity contribution in [2.45, 2.75) is 19.3 Å². The van der Waals surface area contributed by atoms with E-state index >= 15 is 0 Å². The molecule has 0 heterocycles. The molecule has 0 spiro atoms. The second kappa shape index (κ2) is 7.06. The van der Waals surface area contributed by atoms with Gasteiger partial charge < -0.3 is 10.5 Å². The summed E-state index contributed by atoms with van der Waals surface area (Å²) in [6, 6.07) is 14.7. The second-order valence-electron chi connectivity index (χ2n) is 4.90. The van der Waals surface area contributed by atoms with Crippen LogP contribution in [0.2, 0.25) is 0 Å². The topological polar surface area (TPSA) is 35.2 Å². The minimum absolute atomic E-state index is 0.0124. The summed E-state index contributed by atoms with van der Waals surface area (Å²) < 4.78 is 19.4. The summed E-state index contributed by atoms with van der Waals surface area (Å²) in [5, 5.41) is 0. The van der Waals surface area contributed by atoms with Crippen molar-refractivity contribution in [1.29, 1.82) is 0 Å². The first kappa shape index (κ1) is 14.5. The monoisotopic (exact) mass is 273 g/mol. The summed E-state index contributed by atoms with van der Waals surface area (Å²) >= 11 is 0. The first-order chi connectivity index (χ1) is 9.70. The molecule has 0 fully saturated rings. The summed E-state index contributed by atoms with van der Waals surface area (Å²) in [6.07, 6.45) is 0.700. The molecule has 2 nitrogen and oxygen atoms in total. The molecule has 3 heteroatoms. The molecule has 0 aromatic heterocycles. The average Bonchev–Trinajstić information content (AvgIpc) is 2.47. The molecule has 0 aliphatic heterocycles. The Kier molecular flexibility index (Phi) is 5.13. The Morgan fingerprint density at radius 2 is 1.80 bits per heavy atom. The fourth-order valence-corrected chi connectivity index (χ4v) is 2.16. The van der Waals surface area contributed by atoms with Crippen LogP contribution in [-0.4, -0.2) is 13.2 Å². The molecule has 1 atom stereocenters. The summed E-state index contributed by atoms with van der Waals surface area (Å²) in [7, 11) is 0. The minimum Gasteiger partial charge on any atom is -0.494 e. The van der Waals surface area contributed by atoms with Gasteiger partial charge in [0, 0.05) is 5.92 Å². The van der Waals surface area contributed by atoms with E-state index in [0.29, 0.717) is 25.1 Å². The lowest BCUT2D eigenvalue weighted by Crippen LogP contribution is -2.16. The normalized spacial score (nSPS) is 12.2. The Labute approximate surface area is 119 Å². The van der Waals surface area contributed by atoms with E-state index in [0.717, 1.165) is 5.75 Å². The molecule has 2 rings (SSSR count). The predicted octanol–water partition coefficient (Wildman–Crippen LogP) is 3.65. The number of nitrogens with two attached hydrogens (primary N) is 1. The summed E-state index contributed by atoms with van der Waals surface area (Å²) in [5.41, 5.74) is 7.62. The number of aryl methyl sites for hydroxylation is 1. The molecule has 2 aromatic carbocycles. The molecule has 0 aliphatic carbocycles. The van der Waals surface area contributed by atoms with Crippen molar-refractivity contribution in [1.82, 2.24) is 0 Å². The molecule has 2 N–H and O–H groups in total. The highest BCUT2D eigenvalue weighted by molar-refractivity contribution is 5.26. The molecule has 1 unspecified atom stereocenters. The number of halogens is 1. The predicted molar refractivity (Wildman–Crippen MR) is 79.5 cm³/mol. The fraction of sp³-hybridized carbons (Fsp3) is 0.294. The molecule has 0 aliphatic rings. The highest BCUT2D eigenvalue weighted by Gasteiger charge is 2.13. The molecular formula is C17H20FNO. The van der Waals surface area contributed by atoms with Crippen LogP contribution >= 0.6 is 0 Å². The molecule has 106 valence electrons. The number of rotatable bonds is 6. The van der Waals surface area contributed by atoms with Gasteiger partial charge in [-0.25, -0.2) is 4.39 Å².